The molecule has 0 aromatic rings. The highest BCUT2D eigenvalue weighted by molar-refractivity contribution is 7.82. The van der Waals surface area contributed by atoms with Crippen LogP contribution in [0.1, 0.15) is 194 Å². The molecule has 1 amide bonds. The van der Waals surface area contributed by atoms with E-state index in [1.54, 1.807) is 0 Å². The summed E-state index contributed by atoms with van der Waals surface area (Å²) in [5, 5.41) is 29.8. The van der Waals surface area contributed by atoms with E-state index in [1.165, 1.54) is 103 Å². The molecule has 8 nitrogen and oxygen atoms in total. The Hall–Kier alpha value is -1.45. The van der Waals surface area contributed by atoms with Crippen molar-refractivity contribution in [2.24, 2.45) is 0 Å². The molecule has 3 unspecified atom stereocenters. The van der Waals surface area contributed by atoms with E-state index in [0.29, 0.717) is 12.8 Å². The number of nitrogens with one attached hydrogen (secondary N) is 1. The fourth-order valence-corrected chi connectivity index (χ4v) is 6.58. The topological polar surface area (TPSA) is 141 Å². The number of aliphatic carboxylic acids is 1. The van der Waals surface area contributed by atoms with Gasteiger partial charge in [-0.25, -0.2) is 4.79 Å². The summed E-state index contributed by atoms with van der Waals surface area (Å²) in [6.45, 7) is 3.50. The molecule has 0 aromatic heterocycles. The van der Waals surface area contributed by atoms with Gasteiger partial charge in [0.25, 0.3) is 5.91 Å². The average Bonchev–Trinajstić information content (AvgIpc) is 3.06. The van der Waals surface area contributed by atoms with Gasteiger partial charge in [-0.3, -0.25) is 14.4 Å². The van der Waals surface area contributed by atoms with Crippen LogP contribution in [0, 0.1) is 0 Å². The van der Waals surface area contributed by atoms with Crippen molar-refractivity contribution >= 4 is 36.1 Å². The first-order chi connectivity index (χ1) is 22.7. The van der Waals surface area contributed by atoms with E-state index in [9.17, 15) is 34.5 Å². The molecule has 0 bridgehead atoms. The van der Waals surface area contributed by atoms with E-state index in [0.717, 1.165) is 51.4 Å². The molecule has 0 heterocycles. The summed E-state index contributed by atoms with van der Waals surface area (Å²) >= 11 is 4.31. The lowest BCUT2D eigenvalue weighted by Gasteiger charge is -2.34. The van der Waals surface area contributed by atoms with Crippen LogP contribution < -0.4 is 5.32 Å². The maximum absolute atomic E-state index is 13.4. The largest absolute Gasteiger partial charge is 0.479 e. The number of rotatable bonds is 35. The van der Waals surface area contributed by atoms with E-state index in [4.69, 9.17) is 0 Å². The van der Waals surface area contributed by atoms with E-state index in [2.05, 4.69) is 31.8 Å². The summed E-state index contributed by atoms with van der Waals surface area (Å²) in [4.78, 5) is 51.7. The molecule has 0 spiro atoms. The second-order valence-corrected chi connectivity index (χ2v) is 14.1. The number of Topliss-reactive ketones (excluding diaryl/α,β-unsaturated/α-hetero) is 2. The molecule has 9 heteroatoms. The number of aliphatic hydroxyl groups excluding tert-OH is 2. The minimum absolute atomic E-state index is 0.0470. The SMILES string of the molecule is CCCCCCCCCCCCCCCC(=O)C(S)C(NC(=O)C(O)CO)(C(=O)O)C(=O)CCCCCCCCCCCCCCC. The van der Waals surface area contributed by atoms with Crippen LogP contribution in [0.25, 0.3) is 0 Å². The van der Waals surface area contributed by atoms with Gasteiger partial charge in [-0.1, -0.05) is 168 Å². The molecule has 276 valence electrons. The standard InChI is InChI=1S/C38H71NO7S/c1-3-5-7-9-11-13-15-17-19-21-23-25-27-29-32(41)35(47)38(37(45)46,39-36(44)33(42)31-40)34(43)30-28-26-24-22-20-18-16-14-12-10-8-6-4-2/h33,35,40,42,47H,3-31H2,1-2H3,(H,39,44)(H,45,46). The highest BCUT2D eigenvalue weighted by atomic mass is 32.1. The second-order valence-electron chi connectivity index (χ2n) is 13.6. The second kappa shape index (κ2) is 30.6. The molecular weight excluding hydrogens is 614 g/mol. The van der Waals surface area contributed by atoms with Gasteiger partial charge in [0, 0.05) is 12.8 Å². The molecule has 0 rings (SSSR count). The van der Waals surface area contributed by atoms with Crippen molar-refractivity contribution in [2.75, 3.05) is 6.61 Å². The Labute approximate surface area is 292 Å². The Morgan fingerprint density at radius 2 is 0.894 bits per heavy atom. The number of carbonyl (C=O) groups is 4. The molecule has 0 aromatic carbocycles. The Morgan fingerprint density at radius 3 is 1.21 bits per heavy atom. The number of unbranched alkanes of at least 4 members (excludes halogenated alkanes) is 24. The number of thiol groups is 1. The molecule has 0 aliphatic heterocycles. The first kappa shape index (κ1) is 45.6. The van der Waals surface area contributed by atoms with Crippen molar-refractivity contribution in [2.45, 2.75) is 211 Å². The normalized spacial score (nSPS) is 14.0. The number of carboxylic acids is 1. The predicted octanol–water partition coefficient (Wildman–Crippen LogP) is 8.68. The number of ketones is 2. The molecule has 0 radical (unpaired) electrons. The van der Waals surface area contributed by atoms with Crippen molar-refractivity contribution < 1.29 is 34.5 Å². The maximum atomic E-state index is 13.4. The number of carboxylic acid groups (broad SMARTS) is 1. The Bertz CT molecular complexity index is 824. The first-order valence-electron chi connectivity index (χ1n) is 19.3. The molecule has 47 heavy (non-hydrogen) atoms. The average molecular weight is 686 g/mol. The summed E-state index contributed by atoms with van der Waals surface area (Å²) in [6.07, 6.45) is 27.4. The van der Waals surface area contributed by atoms with E-state index in [-0.39, 0.29) is 12.8 Å². The van der Waals surface area contributed by atoms with Gasteiger partial charge in [0.05, 0.1) is 6.61 Å². The van der Waals surface area contributed by atoms with Crippen LogP contribution in [-0.4, -0.2) is 62.3 Å². The van der Waals surface area contributed by atoms with Crippen molar-refractivity contribution in [3.05, 3.63) is 0 Å². The van der Waals surface area contributed by atoms with Gasteiger partial charge in [0.1, 0.15) is 11.0 Å². The zero-order valence-electron chi connectivity index (χ0n) is 30.1. The number of carbonyl (C=O) groups excluding carboxylic acids is 3. The molecular formula is C38H71NO7S. The smallest absolute Gasteiger partial charge is 0.338 e. The third kappa shape index (κ3) is 21.3. The van der Waals surface area contributed by atoms with Crippen LogP contribution in [0.4, 0.5) is 0 Å². The van der Waals surface area contributed by atoms with Crippen LogP contribution >= 0.6 is 12.6 Å². The van der Waals surface area contributed by atoms with Crippen molar-refractivity contribution in [3.8, 4) is 0 Å². The van der Waals surface area contributed by atoms with Crippen molar-refractivity contribution in [1.82, 2.24) is 5.32 Å². The number of aliphatic hydroxyl groups is 2. The van der Waals surface area contributed by atoms with Crippen LogP contribution in [0.3, 0.4) is 0 Å². The minimum Gasteiger partial charge on any atom is -0.479 e. The van der Waals surface area contributed by atoms with Crippen LogP contribution in [0.2, 0.25) is 0 Å². The quantitative estimate of drug-likeness (QED) is 0.0255. The van der Waals surface area contributed by atoms with Gasteiger partial charge in [0.15, 0.2) is 11.9 Å². The molecule has 4 N–H and O–H groups in total. The van der Waals surface area contributed by atoms with E-state index in [1.807, 2.05) is 0 Å². The lowest BCUT2D eigenvalue weighted by atomic mass is 9.83. The van der Waals surface area contributed by atoms with Gasteiger partial charge in [0.2, 0.25) is 5.54 Å². The molecule has 0 aliphatic carbocycles. The predicted molar refractivity (Wildman–Crippen MR) is 195 cm³/mol. The lowest BCUT2D eigenvalue weighted by molar-refractivity contribution is -0.156. The third-order valence-corrected chi connectivity index (χ3v) is 10.00. The molecule has 0 aliphatic rings. The van der Waals surface area contributed by atoms with Crippen LogP contribution in [0.15, 0.2) is 0 Å². The fourth-order valence-electron chi connectivity index (χ4n) is 6.14. The maximum Gasteiger partial charge on any atom is 0.338 e. The summed E-state index contributed by atoms with van der Waals surface area (Å²) in [5.74, 6) is -4.25. The van der Waals surface area contributed by atoms with Crippen LogP contribution in [-0.2, 0) is 19.2 Å². The Morgan fingerprint density at radius 1 is 0.574 bits per heavy atom. The monoisotopic (exact) mass is 685 g/mol. The third-order valence-electron chi connectivity index (χ3n) is 9.32. The van der Waals surface area contributed by atoms with Crippen LogP contribution in [0.5, 0.6) is 0 Å². The van der Waals surface area contributed by atoms with E-state index < -0.39 is 46.9 Å². The Balaban J connectivity index is 4.73. The number of hydrogen-bond acceptors (Lipinski definition) is 7. The fraction of sp³-hybridized carbons (Fsp3) is 0.895. The first-order valence-corrected chi connectivity index (χ1v) is 19.8. The number of hydrogen-bond donors (Lipinski definition) is 5. The van der Waals surface area contributed by atoms with Crippen molar-refractivity contribution in [3.63, 3.8) is 0 Å². The highest BCUT2D eigenvalue weighted by Gasteiger charge is 2.54. The Kier molecular flexibility index (Phi) is 29.7. The lowest BCUT2D eigenvalue weighted by Crippen LogP contribution is -2.68. The summed E-state index contributed by atoms with van der Waals surface area (Å²) < 4.78 is 0. The molecule has 0 fully saturated rings. The minimum atomic E-state index is -2.61. The molecule has 3 atom stereocenters. The summed E-state index contributed by atoms with van der Waals surface area (Å²) in [7, 11) is 0. The van der Waals surface area contributed by atoms with E-state index >= 15 is 0 Å². The van der Waals surface area contributed by atoms with Gasteiger partial charge < -0.3 is 20.6 Å². The van der Waals surface area contributed by atoms with Crippen molar-refractivity contribution in [1.29, 1.82) is 0 Å². The zero-order valence-corrected chi connectivity index (χ0v) is 31.0. The highest BCUT2D eigenvalue weighted by Crippen LogP contribution is 2.26. The van der Waals surface area contributed by atoms with Gasteiger partial charge >= 0.3 is 5.97 Å². The van der Waals surface area contributed by atoms with Gasteiger partial charge in [-0.15, -0.1) is 0 Å². The van der Waals surface area contributed by atoms with Gasteiger partial charge in [-0.2, -0.15) is 12.6 Å². The summed E-state index contributed by atoms with van der Waals surface area (Å²) in [6, 6.07) is 0. The number of amides is 1. The zero-order chi connectivity index (χ0) is 35.2. The summed E-state index contributed by atoms with van der Waals surface area (Å²) in [5.41, 5.74) is -2.61. The molecule has 0 saturated heterocycles. The molecule has 0 saturated carbocycles. The van der Waals surface area contributed by atoms with Gasteiger partial charge in [-0.05, 0) is 12.8 Å².